The van der Waals surface area contributed by atoms with Gasteiger partial charge in [0.2, 0.25) is 11.7 Å². The first-order valence-electron chi connectivity index (χ1n) is 11.7. The minimum Gasteiger partial charge on any atom is -0.486 e. The Bertz CT molecular complexity index is 1290. The molecule has 10 heteroatoms. The molecule has 2 aromatic heterocycles. The molecular weight excluding hydrogens is 454 g/mol. The number of hydrogen-bond acceptors (Lipinski definition) is 8. The number of pyridine rings is 1. The van der Waals surface area contributed by atoms with E-state index in [9.17, 15) is 4.79 Å². The molecule has 0 spiro atoms. The number of aryl methyl sites for hydroxylation is 1. The summed E-state index contributed by atoms with van der Waals surface area (Å²) in [6.45, 7) is 6.57. The minimum absolute atomic E-state index is 0.142. The molecule has 9 nitrogen and oxygen atoms in total. The number of nitrogens with one attached hydrogen (secondary N) is 2. The Balaban J connectivity index is 1.54. The van der Waals surface area contributed by atoms with Gasteiger partial charge in [-0.25, -0.2) is 4.98 Å². The summed E-state index contributed by atoms with van der Waals surface area (Å²) in [5, 5.41) is 8.08. The third-order valence-corrected chi connectivity index (χ3v) is 6.95. The molecule has 3 aromatic rings. The lowest BCUT2D eigenvalue weighted by Gasteiger charge is -2.29. The van der Waals surface area contributed by atoms with Crippen molar-refractivity contribution in [1.29, 1.82) is 0 Å². The predicted octanol–water partition coefficient (Wildman–Crippen LogP) is 3.80. The van der Waals surface area contributed by atoms with Gasteiger partial charge in [-0.1, -0.05) is 18.5 Å². The number of aromatic nitrogens is 3. The van der Waals surface area contributed by atoms with Crippen LogP contribution in [0.15, 0.2) is 29.2 Å². The van der Waals surface area contributed by atoms with E-state index in [0.29, 0.717) is 35.2 Å². The number of halogens is 1. The van der Waals surface area contributed by atoms with Crippen LogP contribution in [-0.4, -0.2) is 58.4 Å². The molecule has 0 amide bonds. The second-order valence-electron chi connectivity index (χ2n) is 9.01. The van der Waals surface area contributed by atoms with Crippen LogP contribution in [0.3, 0.4) is 0 Å². The van der Waals surface area contributed by atoms with Gasteiger partial charge >= 0.3 is 0 Å². The van der Waals surface area contributed by atoms with Gasteiger partial charge in [0.25, 0.3) is 5.56 Å². The first-order chi connectivity index (χ1) is 16.4. The normalized spacial score (nSPS) is 20.6. The summed E-state index contributed by atoms with van der Waals surface area (Å²) in [6, 6.07) is 6.14. The van der Waals surface area contributed by atoms with Gasteiger partial charge in [-0.15, -0.1) is 0 Å². The van der Waals surface area contributed by atoms with Gasteiger partial charge < -0.3 is 24.8 Å². The van der Waals surface area contributed by atoms with Crippen LogP contribution in [0.1, 0.15) is 26.7 Å². The molecule has 4 heterocycles. The van der Waals surface area contributed by atoms with E-state index in [2.05, 4.69) is 46.3 Å². The Morgan fingerprint density at radius 1 is 1.32 bits per heavy atom. The van der Waals surface area contributed by atoms with Crippen molar-refractivity contribution < 1.29 is 4.74 Å². The van der Waals surface area contributed by atoms with Gasteiger partial charge in [-0.05, 0) is 45.0 Å². The number of anilines is 4. The molecule has 2 aliphatic rings. The average molecular weight is 484 g/mol. The molecule has 2 aliphatic heterocycles. The van der Waals surface area contributed by atoms with Crippen LogP contribution >= 0.6 is 11.6 Å². The SMILES string of the molecule is CCC1N(C)CC(C)N1c1ncc(Cl)c(Nc2ccc3c(c2)c2c(c(=O)n3C)OCCCN2)n1. The lowest BCUT2D eigenvalue weighted by Crippen LogP contribution is -2.39. The number of benzene rings is 1. The molecule has 2 atom stereocenters. The van der Waals surface area contributed by atoms with Gasteiger partial charge in [-0.2, -0.15) is 4.98 Å². The number of likely N-dealkylation sites (N-methyl/N-ethyl adjacent to an activating group) is 1. The van der Waals surface area contributed by atoms with Crippen molar-refractivity contribution in [3.8, 4) is 5.75 Å². The number of fused-ring (bicyclic) bond motifs is 3. The van der Waals surface area contributed by atoms with Crippen LogP contribution < -0.4 is 25.8 Å². The van der Waals surface area contributed by atoms with Gasteiger partial charge in [-0.3, -0.25) is 9.69 Å². The largest absolute Gasteiger partial charge is 0.486 e. The van der Waals surface area contributed by atoms with E-state index in [1.54, 1.807) is 17.8 Å². The first kappa shape index (κ1) is 22.7. The van der Waals surface area contributed by atoms with E-state index in [-0.39, 0.29) is 11.7 Å². The summed E-state index contributed by atoms with van der Waals surface area (Å²) in [5.74, 6) is 1.57. The molecule has 0 radical (unpaired) electrons. The monoisotopic (exact) mass is 483 g/mol. The fourth-order valence-corrected chi connectivity index (χ4v) is 5.18. The second kappa shape index (κ2) is 8.96. The second-order valence-corrected chi connectivity index (χ2v) is 9.41. The van der Waals surface area contributed by atoms with E-state index in [0.717, 1.165) is 48.2 Å². The molecule has 1 aromatic carbocycles. The van der Waals surface area contributed by atoms with E-state index in [1.165, 1.54) is 0 Å². The lowest BCUT2D eigenvalue weighted by molar-refractivity contribution is 0.302. The molecule has 180 valence electrons. The summed E-state index contributed by atoms with van der Waals surface area (Å²) in [6.07, 6.45) is 3.70. The maximum atomic E-state index is 12.8. The summed E-state index contributed by atoms with van der Waals surface area (Å²) < 4.78 is 7.41. The van der Waals surface area contributed by atoms with Crippen molar-refractivity contribution >= 4 is 45.6 Å². The van der Waals surface area contributed by atoms with Gasteiger partial charge in [0.1, 0.15) is 5.02 Å². The topological polar surface area (TPSA) is 87.5 Å². The van der Waals surface area contributed by atoms with Crippen molar-refractivity contribution in [3.63, 3.8) is 0 Å². The predicted molar refractivity (Wildman–Crippen MR) is 137 cm³/mol. The summed E-state index contributed by atoms with van der Waals surface area (Å²) in [4.78, 5) is 26.7. The van der Waals surface area contributed by atoms with E-state index < -0.39 is 0 Å². The third kappa shape index (κ3) is 3.82. The average Bonchev–Trinajstić information content (AvgIpc) is 2.98. The standard InChI is InChI=1S/C24H30ClN7O2/c1-5-19-30(3)13-14(2)32(19)24-27-12-17(25)22(29-24)28-15-7-8-18-16(11-15)20-21(23(33)31(18)4)34-10-6-9-26-20/h7-8,11-12,14,19,26H,5-6,9-10,13H2,1-4H3,(H,27,28,29). The highest BCUT2D eigenvalue weighted by atomic mass is 35.5. The summed E-state index contributed by atoms with van der Waals surface area (Å²) in [5.41, 5.74) is 2.22. The molecule has 0 aliphatic carbocycles. The van der Waals surface area contributed by atoms with E-state index in [4.69, 9.17) is 21.3 Å². The van der Waals surface area contributed by atoms with Crippen molar-refractivity contribution in [2.24, 2.45) is 7.05 Å². The van der Waals surface area contributed by atoms with Crippen molar-refractivity contribution in [1.82, 2.24) is 19.4 Å². The molecule has 0 bridgehead atoms. The Kier molecular flexibility index (Phi) is 5.99. The minimum atomic E-state index is -0.142. The fraction of sp³-hybridized carbons (Fsp3) is 0.458. The van der Waals surface area contributed by atoms with E-state index in [1.807, 2.05) is 18.2 Å². The Morgan fingerprint density at radius 3 is 2.94 bits per heavy atom. The lowest BCUT2D eigenvalue weighted by atomic mass is 10.1. The Labute approximate surface area is 203 Å². The summed E-state index contributed by atoms with van der Waals surface area (Å²) >= 11 is 6.50. The fourth-order valence-electron chi connectivity index (χ4n) is 5.04. The Hall–Kier alpha value is -3.04. The maximum Gasteiger partial charge on any atom is 0.295 e. The molecule has 1 fully saturated rings. The molecule has 34 heavy (non-hydrogen) atoms. The highest BCUT2D eigenvalue weighted by Crippen LogP contribution is 2.35. The highest BCUT2D eigenvalue weighted by Gasteiger charge is 2.35. The summed E-state index contributed by atoms with van der Waals surface area (Å²) in [7, 11) is 3.89. The highest BCUT2D eigenvalue weighted by molar-refractivity contribution is 6.32. The molecule has 1 saturated heterocycles. The van der Waals surface area contributed by atoms with Gasteiger partial charge in [0.05, 0.1) is 30.2 Å². The zero-order chi connectivity index (χ0) is 24.0. The molecule has 2 unspecified atom stereocenters. The van der Waals surface area contributed by atoms with Crippen LogP contribution in [0.2, 0.25) is 5.02 Å². The molecule has 2 N–H and O–H groups in total. The third-order valence-electron chi connectivity index (χ3n) is 6.67. The van der Waals surface area contributed by atoms with Crippen LogP contribution in [-0.2, 0) is 7.05 Å². The quantitative estimate of drug-likeness (QED) is 0.579. The number of nitrogens with zero attached hydrogens (tertiary/aromatic N) is 5. The molecule has 0 saturated carbocycles. The number of ether oxygens (including phenoxy) is 1. The van der Waals surface area contributed by atoms with Crippen molar-refractivity contribution in [3.05, 3.63) is 39.8 Å². The molecular formula is C24H30ClN7O2. The zero-order valence-corrected chi connectivity index (χ0v) is 20.7. The molecule has 5 rings (SSSR count). The maximum absolute atomic E-state index is 12.8. The van der Waals surface area contributed by atoms with Crippen LogP contribution in [0.4, 0.5) is 23.1 Å². The smallest absolute Gasteiger partial charge is 0.295 e. The van der Waals surface area contributed by atoms with E-state index >= 15 is 0 Å². The number of rotatable bonds is 4. The van der Waals surface area contributed by atoms with Crippen molar-refractivity contribution in [2.75, 3.05) is 42.3 Å². The van der Waals surface area contributed by atoms with Gasteiger partial charge in [0, 0.05) is 37.3 Å². The van der Waals surface area contributed by atoms with Crippen LogP contribution in [0.25, 0.3) is 10.9 Å². The van der Waals surface area contributed by atoms with Crippen LogP contribution in [0.5, 0.6) is 5.75 Å². The van der Waals surface area contributed by atoms with Crippen molar-refractivity contribution in [2.45, 2.75) is 38.9 Å². The van der Waals surface area contributed by atoms with Crippen LogP contribution in [0, 0.1) is 0 Å². The Morgan fingerprint density at radius 2 is 2.15 bits per heavy atom. The van der Waals surface area contributed by atoms with Gasteiger partial charge in [0.15, 0.2) is 5.82 Å². The first-order valence-corrected chi connectivity index (χ1v) is 12.1. The zero-order valence-electron chi connectivity index (χ0n) is 19.9. The number of hydrogen-bond donors (Lipinski definition) is 2.